The molecular formula is C23H23N3O3S2. The summed E-state index contributed by atoms with van der Waals surface area (Å²) in [5.41, 5.74) is 3.38. The maximum absolute atomic E-state index is 11.3. The Hall–Kier alpha value is -3.10. The van der Waals surface area contributed by atoms with E-state index in [0.29, 0.717) is 5.56 Å². The van der Waals surface area contributed by atoms with Gasteiger partial charge in [-0.1, -0.05) is 6.07 Å². The number of carbonyl (C=O) groups excluding carboxylic acids is 2. The van der Waals surface area contributed by atoms with E-state index in [2.05, 4.69) is 15.4 Å². The third kappa shape index (κ3) is 6.44. The van der Waals surface area contributed by atoms with Crippen molar-refractivity contribution < 1.29 is 14.7 Å². The number of fused-ring (bicyclic) bond motifs is 1. The predicted octanol–water partition coefficient (Wildman–Crippen LogP) is 5.48. The van der Waals surface area contributed by atoms with Gasteiger partial charge in [0.1, 0.15) is 12.0 Å². The van der Waals surface area contributed by atoms with E-state index in [1.54, 1.807) is 24.3 Å². The van der Waals surface area contributed by atoms with Gasteiger partial charge in [-0.3, -0.25) is 9.59 Å². The first kappa shape index (κ1) is 22.6. The van der Waals surface area contributed by atoms with Crippen molar-refractivity contribution >= 4 is 53.0 Å². The normalized spacial score (nSPS) is 14.4. The van der Waals surface area contributed by atoms with Gasteiger partial charge in [0.25, 0.3) is 0 Å². The molecule has 0 spiro atoms. The van der Waals surface area contributed by atoms with Crippen molar-refractivity contribution in [2.24, 2.45) is 0 Å². The Balaban J connectivity index is 0.000000179. The Morgan fingerprint density at radius 1 is 1.03 bits per heavy atom. The zero-order valence-electron chi connectivity index (χ0n) is 17.1. The molecule has 1 heterocycles. The van der Waals surface area contributed by atoms with Gasteiger partial charge in [0, 0.05) is 33.8 Å². The van der Waals surface area contributed by atoms with Gasteiger partial charge < -0.3 is 20.5 Å². The highest BCUT2D eigenvalue weighted by Gasteiger charge is 2.22. The number of benzene rings is 3. The quantitative estimate of drug-likeness (QED) is 0.231. The summed E-state index contributed by atoms with van der Waals surface area (Å²) in [6.45, 7) is 1.86. The first-order valence-electron chi connectivity index (χ1n) is 9.55. The summed E-state index contributed by atoms with van der Waals surface area (Å²) in [6, 6.07) is 20.5. The van der Waals surface area contributed by atoms with Crippen molar-refractivity contribution in [3.63, 3.8) is 0 Å². The molecule has 0 saturated carbocycles. The van der Waals surface area contributed by atoms with Crippen LogP contribution in [0.1, 0.15) is 17.3 Å². The summed E-state index contributed by atoms with van der Waals surface area (Å²) in [5.74, 6) is 0.268. The van der Waals surface area contributed by atoms with Gasteiger partial charge in [0.05, 0.1) is 10.9 Å². The van der Waals surface area contributed by atoms with Crippen molar-refractivity contribution in [3.8, 4) is 5.75 Å². The number of rotatable bonds is 5. The Morgan fingerprint density at radius 3 is 2.35 bits per heavy atom. The summed E-state index contributed by atoms with van der Waals surface area (Å²) in [6.07, 6.45) is 0.773. The highest BCUT2D eigenvalue weighted by molar-refractivity contribution is 8.01. The second-order valence-corrected chi connectivity index (χ2v) is 8.91. The number of nitrogens with one attached hydrogen (secondary N) is 3. The van der Waals surface area contributed by atoms with Gasteiger partial charge >= 0.3 is 0 Å². The molecule has 6 nitrogen and oxygen atoms in total. The Morgan fingerprint density at radius 2 is 1.71 bits per heavy atom. The number of anilines is 3. The minimum atomic E-state index is -0.0652. The van der Waals surface area contributed by atoms with Gasteiger partial charge in [-0.25, -0.2) is 0 Å². The number of phenols is 1. The number of carbonyl (C=O) groups is 2. The maximum atomic E-state index is 11.3. The molecule has 4 rings (SSSR count). The summed E-state index contributed by atoms with van der Waals surface area (Å²) < 4.78 is 3.21. The summed E-state index contributed by atoms with van der Waals surface area (Å²) in [4.78, 5) is 24.0. The van der Waals surface area contributed by atoms with E-state index in [1.165, 1.54) is 23.7 Å². The zero-order valence-corrected chi connectivity index (χ0v) is 18.7. The lowest BCUT2D eigenvalue weighted by atomic mass is 10.2. The van der Waals surface area contributed by atoms with E-state index in [0.717, 1.165) is 33.1 Å². The van der Waals surface area contributed by atoms with Gasteiger partial charge in [-0.05, 0) is 79.5 Å². The predicted molar refractivity (Wildman–Crippen MR) is 129 cm³/mol. The van der Waals surface area contributed by atoms with E-state index >= 15 is 0 Å². The van der Waals surface area contributed by atoms with Crippen LogP contribution in [0.4, 0.5) is 17.1 Å². The van der Waals surface area contributed by atoms with Crippen molar-refractivity contribution in [2.75, 3.05) is 22.4 Å². The van der Waals surface area contributed by atoms with Crippen LogP contribution in [-0.4, -0.2) is 29.6 Å². The van der Waals surface area contributed by atoms with Crippen LogP contribution in [0.3, 0.4) is 0 Å². The molecule has 31 heavy (non-hydrogen) atoms. The average molecular weight is 454 g/mol. The fourth-order valence-corrected chi connectivity index (χ4v) is 4.21. The lowest BCUT2D eigenvalue weighted by molar-refractivity contribution is -0.115. The van der Waals surface area contributed by atoms with Crippen LogP contribution < -0.4 is 15.4 Å². The summed E-state index contributed by atoms with van der Waals surface area (Å²) in [7, 11) is 1.90. The second-order valence-electron chi connectivity index (χ2n) is 6.65. The molecule has 0 aromatic heterocycles. The van der Waals surface area contributed by atoms with Crippen LogP contribution in [0.2, 0.25) is 0 Å². The van der Waals surface area contributed by atoms with Crippen LogP contribution in [0.25, 0.3) is 0 Å². The lowest BCUT2D eigenvalue weighted by Crippen LogP contribution is -2.26. The number of aromatic hydroxyl groups is 1. The molecule has 4 N–H and O–H groups in total. The number of hydrogen-bond donors (Lipinski definition) is 4. The van der Waals surface area contributed by atoms with E-state index in [-0.39, 0.29) is 16.9 Å². The van der Waals surface area contributed by atoms with Crippen LogP contribution in [0.15, 0.2) is 76.5 Å². The maximum Gasteiger partial charge on any atom is 0.237 e. The topological polar surface area (TPSA) is 90.5 Å². The van der Waals surface area contributed by atoms with Crippen molar-refractivity contribution in [1.82, 2.24) is 0 Å². The highest BCUT2D eigenvalue weighted by Crippen LogP contribution is 2.35. The Bertz CT molecular complexity index is 1040. The van der Waals surface area contributed by atoms with Crippen molar-refractivity contribution in [3.05, 3.63) is 72.3 Å². The van der Waals surface area contributed by atoms with Gasteiger partial charge in [0.15, 0.2) is 0 Å². The smallest absolute Gasteiger partial charge is 0.237 e. The number of amides is 1. The first-order valence-corrected chi connectivity index (χ1v) is 11.2. The molecule has 3 aromatic carbocycles. The molecule has 0 radical (unpaired) electrons. The zero-order chi connectivity index (χ0) is 22.2. The number of aldehydes is 1. The summed E-state index contributed by atoms with van der Waals surface area (Å²) in [5, 5.41) is 14.9. The van der Waals surface area contributed by atoms with E-state index in [9.17, 15) is 9.59 Å². The highest BCUT2D eigenvalue weighted by atomic mass is 32.2. The minimum absolute atomic E-state index is 0.00875. The molecule has 0 fully saturated rings. The minimum Gasteiger partial charge on any atom is -0.508 e. The SMILES string of the molecule is CC1Sc2ccc(C=O)cc2NC1=O.CNc1ccc(SNc2ccc(O)cc2)cc1. The van der Waals surface area contributed by atoms with E-state index in [4.69, 9.17) is 5.11 Å². The second kappa shape index (κ2) is 10.8. The van der Waals surface area contributed by atoms with Crippen molar-refractivity contribution in [1.29, 1.82) is 0 Å². The van der Waals surface area contributed by atoms with E-state index in [1.807, 2.05) is 56.4 Å². The Labute approximate surface area is 190 Å². The molecule has 1 atom stereocenters. The largest absolute Gasteiger partial charge is 0.508 e. The standard InChI is InChI=1S/C13H14N2OS.C10H9NO2S/c1-14-10-4-8-13(9-5-10)17-15-11-2-6-12(16)7-3-11;1-6-10(13)11-8-4-7(5-12)2-3-9(8)14-6/h2-9,14-16H,1H3;2-6H,1H3,(H,11,13). The van der Waals surface area contributed by atoms with E-state index < -0.39 is 0 Å². The van der Waals surface area contributed by atoms with Crippen molar-refractivity contribution in [2.45, 2.75) is 22.0 Å². The monoisotopic (exact) mass is 453 g/mol. The fourth-order valence-electron chi connectivity index (χ4n) is 2.64. The average Bonchev–Trinajstić information content (AvgIpc) is 2.80. The fraction of sp³-hybridized carbons (Fsp3) is 0.130. The van der Waals surface area contributed by atoms with Crippen LogP contribution in [0.5, 0.6) is 5.75 Å². The van der Waals surface area contributed by atoms with Gasteiger partial charge in [-0.2, -0.15) is 0 Å². The molecule has 160 valence electrons. The van der Waals surface area contributed by atoms with Gasteiger partial charge in [0.2, 0.25) is 5.91 Å². The van der Waals surface area contributed by atoms with Crippen LogP contribution in [0, 0.1) is 0 Å². The Kier molecular flexibility index (Phi) is 7.86. The summed E-state index contributed by atoms with van der Waals surface area (Å²) >= 11 is 3.05. The molecule has 1 unspecified atom stereocenters. The molecule has 1 aliphatic rings. The number of thioether (sulfide) groups is 1. The van der Waals surface area contributed by atoms with Gasteiger partial charge in [-0.15, -0.1) is 11.8 Å². The first-order chi connectivity index (χ1) is 15.0. The lowest BCUT2D eigenvalue weighted by Gasteiger charge is -2.21. The molecule has 0 saturated heterocycles. The molecular weight excluding hydrogens is 430 g/mol. The van der Waals surface area contributed by atoms with Crippen LogP contribution >= 0.6 is 23.7 Å². The third-order valence-corrected chi connectivity index (χ3v) is 6.39. The third-order valence-electron chi connectivity index (χ3n) is 4.37. The van der Waals surface area contributed by atoms with Crippen LogP contribution in [-0.2, 0) is 4.79 Å². The molecule has 1 amide bonds. The molecule has 1 aliphatic heterocycles. The molecule has 0 aliphatic carbocycles. The molecule has 0 bridgehead atoms. The number of hydrogen-bond acceptors (Lipinski definition) is 7. The molecule has 3 aromatic rings. The number of phenolic OH excluding ortho intramolecular Hbond substituents is 1. The molecule has 8 heteroatoms.